The third-order valence-electron chi connectivity index (χ3n) is 2.43. The standard InChI is InChI=1S/C12H15N3OS2/c1-8-14-15-12(18-8)17-7-10(13)9-5-3-4-6-11(9)16-2/h3-6,10H,7,13H2,1-2H3. The molecule has 0 aliphatic carbocycles. The van der Waals surface area contributed by atoms with Gasteiger partial charge in [0.25, 0.3) is 0 Å². The number of para-hydroxylation sites is 1. The first kappa shape index (κ1) is 13.3. The summed E-state index contributed by atoms with van der Waals surface area (Å²) in [5.41, 5.74) is 7.20. The Hall–Kier alpha value is -1.11. The van der Waals surface area contributed by atoms with E-state index in [1.807, 2.05) is 31.2 Å². The SMILES string of the molecule is COc1ccccc1C(N)CSc1nnc(C)s1. The zero-order valence-electron chi connectivity index (χ0n) is 10.3. The summed E-state index contributed by atoms with van der Waals surface area (Å²) in [7, 11) is 1.66. The molecule has 0 radical (unpaired) electrons. The predicted molar refractivity (Wildman–Crippen MR) is 75.3 cm³/mol. The van der Waals surface area contributed by atoms with Crippen molar-refractivity contribution in [1.82, 2.24) is 10.2 Å². The van der Waals surface area contributed by atoms with Crippen LogP contribution >= 0.6 is 23.1 Å². The lowest BCUT2D eigenvalue weighted by Gasteiger charge is -2.14. The first-order valence-electron chi connectivity index (χ1n) is 5.52. The molecule has 2 N–H and O–H groups in total. The summed E-state index contributed by atoms with van der Waals surface area (Å²) in [5.74, 6) is 1.59. The molecule has 0 aliphatic rings. The van der Waals surface area contributed by atoms with Gasteiger partial charge in [-0.3, -0.25) is 0 Å². The molecule has 0 fully saturated rings. The second-order valence-corrected chi connectivity index (χ2v) is 6.20. The maximum Gasteiger partial charge on any atom is 0.174 e. The number of hydrogen-bond acceptors (Lipinski definition) is 6. The van der Waals surface area contributed by atoms with Crippen molar-refractivity contribution in [1.29, 1.82) is 0 Å². The molecule has 6 heteroatoms. The number of methoxy groups -OCH3 is 1. The van der Waals surface area contributed by atoms with Gasteiger partial charge in [-0.15, -0.1) is 10.2 Å². The van der Waals surface area contributed by atoms with E-state index < -0.39 is 0 Å². The Kier molecular flexibility index (Phi) is 4.57. The normalized spacial score (nSPS) is 12.4. The average molecular weight is 281 g/mol. The first-order valence-corrected chi connectivity index (χ1v) is 7.32. The van der Waals surface area contributed by atoms with Gasteiger partial charge < -0.3 is 10.5 Å². The van der Waals surface area contributed by atoms with Crippen LogP contribution < -0.4 is 10.5 Å². The molecule has 0 amide bonds. The van der Waals surface area contributed by atoms with Crippen LogP contribution in [0.2, 0.25) is 0 Å². The Morgan fingerprint density at radius 1 is 1.39 bits per heavy atom. The molecular weight excluding hydrogens is 266 g/mol. The summed E-state index contributed by atoms with van der Waals surface area (Å²) >= 11 is 3.22. The van der Waals surface area contributed by atoms with E-state index in [0.29, 0.717) is 0 Å². The number of benzene rings is 1. The Morgan fingerprint density at radius 3 is 2.83 bits per heavy atom. The zero-order chi connectivity index (χ0) is 13.0. The lowest BCUT2D eigenvalue weighted by Crippen LogP contribution is -2.14. The van der Waals surface area contributed by atoms with Crippen LogP contribution in [0.25, 0.3) is 0 Å². The molecule has 2 aromatic rings. The van der Waals surface area contributed by atoms with Crippen molar-refractivity contribution in [3.8, 4) is 5.75 Å². The Labute approximate surface area is 115 Å². The van der Waals surface area contributed by atoms with Crippen molar-refractivity contribution in [3.05, 3.63) is 34.8 Å². The molecule has 4 nitrogen and oxygen atoms in total. The third-order valence-corrected chi connectivity index (χ3v) is 4.52. The minimum absolute atomic E-state index is 0.0737. The van der Waals surface area contributed by atoms with Gasteiger partial charge in [0.05, 0.1) is 7.11 Å². The molecule has 0 spiro atoms. The fourth-order valence-electron chi connectivity index (χ4n) is 1.56. The van der Waals surface area contributed by atoms with Crippen LogP contribution in [0.1, 0.15) is 16.6 Å². The number of rotatable bonds is 5. The molecule has 0 bridgehead atoms. The number of hydrogen-bond donors (Lipinski definition) is 1. The second kappa shape index (κ2) is 6.17. The van der Waals surface area contributed by atoms with Gasteiger partial charge in [-0.25, -0.2) is 0 Å². The largest absolute Gasteiger partial charge is 0.496 e. The van der Waals surface area contributed by atoms with Crippen LogP contribution in [0.15, 0.2) is 28.6 Å². The smallest absolute Gasteiger partial charge is 0.174 e. The number of nitrogens with zero attached hydrogens (tertiary/aromatic N) is 2. The molecule has 1 aromatic carbocycles. The van der Waals surface area contributed by atoms with Crippen LogP contribution in [0.5, 0.6) is 5.75 Å². The maximum absolute atomic E-state index is 6.18. The highest BCUT2D eigenvalue weighted by atomic mass is 32.2. The quantitative estimate of drug-likeness (QED) is 0.854. The monoisotopic (exact) mass is 281 g/mol. The molecule has 1 unspecified atom stereocenters. The van der Waals surface area contributed by atoms with E-state index in [2.05, 4.69) is 10.2 Å². The van der Waals surface area contributed by atoms with Gasteiger partial charge in [0, 0.05) is 17.4 Å². The van der Waals surface area contributed by atoms with Crippen molar-refractivity contribution in [2.24, 2.45) is 5.73 Å². The molecule has 96 valence electrons. The summed E-state index contributed by atoms with van der Waals surface area (Å²) < 4.78 is 6.26. The highest BCUT2D eigenvalue weighted by Crippen LogP contribution is 2.29. The summed E-state index contributed by atoms with van der Waals surface area (Å²) in [6.45, 7) is 1.95. The van der Waals surface area contributed by atoms with Crippen molar-refractivity contribution in [2.45, 2.75) is 17.3 Å². The van der Waals surface area contributed by atoms with Crippen LogP contribution in [-0.2, 0) is 0 Å². The average Bonchev–Trinajstić information content (AvgIpc) is 2.81. The molecule has 1 heterocycles. The van der Waals surface area contributed by atoms with E-state index >= 15 is 0 Å². The highest BCUT2D eigenvalue weighted by molar-refractivity contribution is 8.01. The lowest BCUT2D eigenvalue weighted by atomic mass is 10.1. The molecule has 1 aromatic heterocycles. The van der Waals surface area contributed by atoms with Crippen LogP contribution in [0.3, 0.4) is 0 Å². The van der Waals surface area contributed by atoms with Gasteiger partial charge >= 0.3 is 0 Å². The van der Waals surface area contributed by atoms with E-state index in [-0.39, 0.29) is 6.04 Å². The van der Waals surface area contributed by atoms with Gasteiger partial charge in [0.2, 0.25) is 0 Å². The summed E-state index contributed by atoms with van der Waals surface area (Å²) in [6.07, 6.45) is 0. The summed E-state index contributed by atoms with van der Waals surface area (Å²) in [4.78, 5) is 0. The number of aromatic nitrogens is 2. The molecule has 0 saturated carbocycles. The first-order chi connectivity index (χ1) is 8.70. The van der Waals surface area contributed by atoms with Gasteiger partial charge in [0.15, 0.2) is 4.34 Å². The molecule has 18 heavy (non-hydrogen) atoms. The predicted octanol–water partition coefficient (Wildman–Crippen LogP) is 2.65. The van der Waals surface area contributed by atoms with Crippen LogP contribution in [0.4, 0.5) is 0 Å². The molecular formula is C12H15N3OS2. The Bertz CT molecular complexity index is 516. The van der Waals surface area contributed by atoms with Gasteiger partial charge in [0.1, 0.15) is 10.8 Å². The number of ether oxygens (including phenoxy) is 1. The Balaban J connectivity index is 2.01. The highest BCUT2D eigenvalue weighted by Gasteiger charge is 2.12. The van der Waals surface area contributed by atoms with Crippen LogP contribution in [-0.4, -0.2) is 23.1 Å². The molecule has 1 atom stereocenters. The van der Waals surface area contributed by atoms with Gasteiger partial charge in [-0.2, -0.15) is 0 Å². The minimum Gasteiger partial charge on any atom is -0.496 e. The summed E-state index contributed by atoms with van der Waals surface area (Å²) in [6, 6.07) is 7.76. The topological polar surface area (TPSA) is 61.0 Å². The van der Waals surface area contributed by atoms with Crippen molar-refractivity contribution < 1.29 is 4.74 Å². The van der Waals surface area contributed by atoms with E-state index in [4.69, 9.17) is 10.5 Å². The fourth-order valence-corrected chi connectivity index (χ4v) is 3.38. The van der Waals surface area contributed by atoms with Crippen molar-refractivity contribution >= 4 is 23.1 Å². The zero-order valence-corrected chi connectivity index (χ0v) is 11.9. The van der Waals surface area contributed by atoms with Gasteiger partial charge in [-0.1, -0.05) is 41.3 Å². The van der Waals surface area contributed by atoms with E-state index in [1.54, 1.807) is 30.2 Å². The Morgan fingerprint density at radius 2 is 2.17 bits per heavy atom. The number of nitrogens with two attached hydrogens (primary N) is 1. The molecule has 0 aliphatic heterocycles. The summed E-state index contributed by atoms with van der Waals surface area (Å²) in [5, 5.41) is 9.03. The van der Waals surface area contributed by atoms with E-state index in [0.717, 1.165) is 26.4 Å². The molecule has 2 rings (SSSR count). The third kappa shape index (κ3) is 3.22. The van der Waals surface area contributed by atoms with Crippen LogP contribution in [0, 0.1) is 6.92 Å². The number of thioether (sulfide) groups is 1. The maximum atomic E-state index is 6.18. The van der Waals surface area contributed by atoms with E-state index in [9.17, 15) is 0 Å². The van der Waals surface area contributed by atoms with Gasteiger partial charge in [-0.05, 0) is 13.0 Å². The second-order valence-electron chi connectivity index (χ2n) is 3.75. The van der Waals surface area contributed by atoms with Crippen molar-refractivity contribution in [2.75, 3.05) is 12.9 Å². The minimum atomic E-state index is -0.0737. The lowest BCUT2D eigenvalue weighted by molar-refractivity contribution is 0.407. The number of aryl methyl sites for hydroxylation is 1. The van der Waals surface area contributed by atoms with Crippen molar-refractivity contribution in [3.63, 3.8) is 0 Å². The molecule has 0 saturated heterocycles. The fraction of sp³-hybridized carbons (Fsp3) is 0.333. The van der Waals surface area contributed by atoms with E-state index in [1.165, 1.54) is 0 Å².